The Balaban J connectivity index is 1.96. The second kappa shape index (κ2) is 6.81. The van der Waals surface area contributed by atoms with Crippen LogP contribution >= 0.6 is 0 Å². The number of benzene rings is 2. The lowest BCUT2D eigenvalue weighted by Crippen LogP contribution is -2.24. The highest BCUT2D eigenvalue weighted by Crippen LogP contribution is 2.36. The number of hydrogen-bond acceptors (Lipinski definition) is 6. The Morgan fingerprint density at radius 1 is 1.16 bits per heavy atom. The molecule has 1 fully saturated rings. The van der Waals surface area contributed by atoms with E-state index in [1.807, 2.05) is 30.3 Å². The van der Waals surface area contributed by atoms with Crippen molar-refractivity contribution in [3.05, 3.63) is 64.2 Å². The molecule has 0 saturated carbocycles. The van der Waals surface area contributed by atoms with Gasteiger partial charge >= 0.3 is 5.69 Å². The summed E-state index contributed by atoms with van der Waals surface area (Å²) >= 11 is 0. The lowest BCUT2D eigenvalue weighted by atomic mass is 10.0. The van der Waals surface area contributed by atoms with Gasteiger partial charge in [-0.05, 0) is 24.1 Å². The van der Waals surface area contributed by atoms with Gasteiger partial charge in [0.2, 0.25) is 0 Å². The zero-order valence-corrected chi connectivity index (χ0v) is 14.4. The summed E-state index contributed by atoms with van der Waals surface area (Å²) in [6.45, 7) is 0.525. The van der Waals surface area contributed by atoms with Crippen LogP contribution in [0.15, 0.2) is 53.4 Å². The van der Waals surface area contributed by atoms with Crippen LogP contribution in [0.5, 0.6) is 0 Å². The molecule has 0 bridgehead atoms. The molecule has 1 N–H and O–H groups in total. The number of para-hydroxylation sites is 1. The highest BCUT2D eigenvalue weighted by Gasteiger charge is 2.33. The number of anilines is 1. The molecular weight excluding hydrogens is 344 g/mol. The largest absolute Gasteiger partial charge is 0.374 e. The first-order valence-corrected chi connectivity index (χ1v) is 9.67. The van der Waals surface area contributed by atoms with Crippen molar-refractivity contribution < 1.29 is 18.1 Å². The Morgan fingerprint density at radius 3 is 2.52 bits per heavy atom. The molecule has 132 valence electrons. The van der Waals surface area contributed by atoms with E-state index in [-0.39, 0.29) is 22.7 Å². The SMILES string of the molecule is CS(=O)(=O)c1cccc(NC2CCOC2c2ccccc2)c1[N+](=O)[O-]. The topological polar surface area (TPSA) is 98.5 Å². The predicted octanol–water partition coefficient (Wildman–Crippen LogP) is 2.94. The molecule has 2 aromatic carbocycles. The van der Waals surface area contributed by atoms with E-state index in [2.05, 4.69) is 5.32 Å². The summed E-state index contributed by atoms with van der Waals surface area (Å²) in [5.74, 6) is 0. The van der Waals surface area contributed by atoms with E-state index in [9.17, 15) is 18.5 Å². The fourth-order valence-corrected chi connectivity index (χ4v) is 3.90. The van der Waals surface area contributed by atoms with Crippen LogP contribution in [-0.4, -0.2) is 32.2 Å². The van der Waals surface area contributed by atoms with Crippen LogP contribution < -0.4 is 5.32 Å². The van der Waals surface area contributed by atoms with Gasteiger partial charge in [-0.15, -0.1) is 0 Å². The summed E-state index contributed by atoms with van der Waals surface area (Å²) in [6.07, 6.45) is 1.38. The Labute approximate surface area is 145 Å². The summed E-state index contributed by atoms with van der Waals surface area (Å²) in [5.41, 5.74) is 0.729. The molecule has 2 aromatic rings. The minimum Gasteiger partial charge on any atom is -0.374 e. The second-order valence-corrected chi connectivity index (χ2v) is 7.91. The Bertz CT molecular complexity index is 883. The monoisotopic (exact) mass is 362 g/mol. The molecule has 0 aliphatic carbocycles. The number of ether oxygens (including phenoxy) is 1. The van der Waals surface area contributed by atoms with Crippen molar-refractivity contribution >= 4 is 21.2 Å². The van der Waals surface area contributed by atoms with Gasteiger partial charge in [0.15, 0.2) is 9.84 Å². The molecule has 1 heterocycles. The molecule has 2 atom stereocenters. The number of sulfone groups is 1. The van der Waals surface area contributed by atoms with Crippen LogP contribution in [0, 0.1) is 10.1 Å². The summed E-state index contributed by atoms with van der Waals surface area (Å²) < 4.78 is 29.5. The third-order valence-electron chi connectivity index (χ3n) is 4.14. The van der Waals surface area contributed by atoms with Crippen molar-refractivity contribution in [1.82, 2.24) is 0 Å². The van der Waals surface area contributed by atoms with Gasteiger partial charge in [-0.3, -0.25) is 10.1 Å². The van der Waals surface area contributed by atoms with E-state index >= 15 is 0 Å². The molecule has 7 nitrogen and oxygen atoms in total. The minimum atomic E-state index is -3.71. The third-order valence-corrected chi connectivity index (χ3v) is 5.27. The van der Waals surface area contributed by atoms with E-state index in [0.717, 1.165) is 11.8 Å². The maximum absolute atomic E-state index is 11.9. The first-order chi connectivity index (χ1) is 11.9. The van der Waals surface area contributed by atoms with Crippen molar-refractivity contribution in [3.63, 3.8) is 0 Å². The lowest BCUT2D eigenvalue weighted by molar-refractivity contribution is -0.386. The zero-order valence-electron chi connectivity index (χ0n) is 13.6. The first kappa shape index (κ1) is 17.4. The maximum atomic E-state index is 11.9. The summed E-state index contributed by atoms with van der Waals surface area (Å²) in [4.78, 5) is 10.5. The van der Waals surface area contributed by atoms with Gasteiger partial charge in [-0.25, -0.2) is 8.42 Å². The normalized spacial score (nSPS) is 20.4. The number of nitro benzene ring substituents is 1. The van der Waals surface area contributed by atoms with Gasteiger partial charge in [-0.2, -0.15) is 0 Å². The number of nitro groups is 1. The summed E-state index contributed by atoms with van der Waals surface area (Å²) in [6, 6.07) is 13.7. The number of nitrogens with one attached hydrogen (secondary N) is 1. The molecule has 0 aromatic heterocycles. The molecule has 1 aliphatic heterocycles. The molecule has 2 unspecified atom stereocenters. The van der Waals surface area contributed by atoms with E-state index < -0.39 is 20.4 Å². The van der Waals surface area contributed by atoms with E-state index in [4.69, 9.17) is 4.74 Å². The first-order valence-electron chi connectivity index (χ1n) is 7.78. The zero-order chi connectivity index (χ0) is 18.0. The number of rotatable bonds is 5. The standard InChI is InChI=1S/C17H18N2O5S/c1-25(22,23)15-9-5-8-13(16(15)19(20)21)18-14-10-11-24-17(14)12-6-3-2-4-7-12/h2-9,14,17-18H,10-11H2,1H3. The molecule has 0 amide bonds. The fraction of sp³-hybridized carbons (Fsp3) is 0.294. The lowest BCUT2D eigenvalue weighted by Gasteiger charge is -2.21. The van der Waals surface area contributed by atoms with Crippen LogP contribution in [-0.2, 0) is 14.6 Å². The molecule has 25 heavy (non-hydrogen) atoms. The van der Waals surface area contributed by atoms with Crippen LogP contribution in [0.3, 0.4) is 0 Å². The number of hydrogen-bond donors (Lipinski definition) is 1. The van der Waals surface area contributed by atoms with Crippen LogP contribution in [0.2, 0.25) is 0 Å². The van der Waals surface area contributed by atoms with Gasteiger partial charge in [0.1, 0.15) is 16.7 Å². The molecule has 8 heteroatoms. The van der Waals surface area contributed by atoms with Crippen molar-refractivity contribution in [2.75, 3.05) is 18.2 Å². The van der Waals surface area contributed by atoms with E-state index in [0.29, 0.717) is 13.0 Å². The van der Waals surface area contributed by atoms with Crippen molar-refractivity contribution in [3.8, 4) is 0 Å². The van der Waals surface area contributed by atoms with E-state index in [1.165, 1.54) is 18.2 Å². The summed E-state index contributed by atoms with van der Waals surface area (Å²) in [7, 11) is -3.71. The highest BCUT2D eigenvalue weighted by molar-refractivity contribution is 7.90. The molecular formula is C17H18N2O5S. The maximum Gasteiger partial charge on any atom is 0.310 e. The Kier molecular flexibility index (Phi) is 4.73. The van der Waals surface area contributed by atoms with Crippen molar-refractivity contribution in [2.24, 2.45) is 0 Å². The van der Waals surface area contributed by atoms with Crippen LogP contribution in [0.25, 0.3) is 0 Å². The van der Waals surface area contributed by atoms with Gasteiger partial charge in [0, 0.05) is 12.9 Å². The van der Waals surface area contributed by atoms with Crippen molar-refractivity contribution in [2.45, 2.75) is 23.5 Å². The average Bonchev–Trinajstić information content (AvgIpc) is 3.02. The molecule has 3 rings (SSSR count). The van der Waals surface area contributed by atoms with Gasteiger partial charge in [0.25, 0.3) is 0 Å². The van der Waals surface area contributed by atoms with Gasteiger partial charge in [0.05, 0.1) is 11.0 Å². The van der Waals surface area contributed by atoms with Gasteiger partial charge in [-0.1, -0.05) is 36.4 Å². The van der Waals surface area contributed by atoms with Crippen LogP contribution in [0.4, 0.5) is 11.4 Å². The molecule has 0 spiro atoms. The highest BCUT2D eigenvalue weighted by atomic mass is 32.2. The third kappa shape index (κ3) is 3.64. The Hall–Kier alpha value is -2.45. The predicted molar refractivity (Wildman–Crippen MR) is 93.4 cm³/mol. The Morgan fingerprint density at radius 2 is 1.88 bits per heavy atom. The number of nitrogens with zero attached hydrogens (tertiary/aromatic N) is 1. The minimum absolute atomic E-state index is 0.184. The molecule has 1 aliphatic rings. The van der Waals surface area contributed by atoms with E-state index in [1.54, 1.807) is 0 Å². The van der Waals surface area contributed by atoms with Gasteiger partial charge < -0.3 is 10.1 Å². The van der Waals surface area contributed by atoms with Crippen LogP contribution in [0.1, 0.15) is 18.1 Å². The second-order valence-electron chi connectivity index (χ2n) is 5.92. The average molecular weight is 362 g/mol. The molecule has 1 saturated heterocycles. The van der Waals surface area contributed by atoms with Crippen molar-refractivity contribution in [1.29, 1.82) is 0 Å². The fourth-order valence-electron chi connectivity index (χ4n) is 3.03. The quantitative estimate of drug-likeness (QED) is 0.648. The molecule has 0 radical (unpaired) electrons. The summed E-state index contributed by atoms with van der Waals surface area (Å²) in [5, 5.41) is 14.6. The smallest absolute Gasteiger partial charge is 0.310 e.